The lowest BCUT2D eigenvalue weighted by atomic mass is 9.98. The molecule has 0 saturated carbocycles. The number of rotatable bonds is 5. The summed E-state index contributed by atoms with van der Waals surface area (Å²) in [5.74, 6) is 0.724. The van der Waals surface area contributed by atoms with Crippen LogP contribution in [0.5, 0.6) is 0 Å². The molecule has 2 aromatic rings. The van der Waals surface area contributed by atoms with Crippen LogP contribution in [-0.4, -0.2) is 52.3 Å². The number of nitrogens with zero attached hydrogens (tertiary/aromatic N) is 4. The van der Waals surface area contributed by atoms with Gasteiger partial charge in [0.05, 0.1) is 6.54 Å². The minimum Gasteiger partial charge on any atom is -0.319 e. The number of pyridine rings is 1. The van der Waals surface area contributed by atoms with E-state index in [1.54, 1.807) is 15.3 Å². The van der Waals surface area contributed by atoms with Gasteiger partial charge in [-0.1, -0.05) is 6.07 Å². The van der Waals surface area contributed by atoms with E-state index < -0.39 is 0 Å². The molecule has 1 saturated heterocycles. The van der Waals surface area contributed by atoms with Crippen molar-refractivity contribution >= 4 is 18.1 Å². The average molecular weight is 326 g/mol. The number of hydrogen-bond donors (Lipinski definition) is 1. The van der Waals surface area contributed by atoms with Gasteiger partial charge in [0.2, 0.25) is 0 Å². The lowest BCUT2D eigenvalue weighted by Gasteiger charge is -2.32. The van der Waals surface area contributed by atoms with Gasteiger partial charge < -0.3 is 10.2 Å². The third kappa shape index (κ3) is 3.69. The molecule has 0 aliphatic carbocycles. The highest BCUT2D eigenvalue weighted by Gasteiger charge is 2.19. The first kappa shape index (κ1) is 17.0. The summed E-state index contributed by atoms with van der Waals surface area (Å²) < 4.78 is 3.18. The van der Waals surface area contributed by atoms with Crippen LogP contribution in [0.4, 0.5) is 0 Å². The number of nitrogens with one attached hydrogen (secondary N) is 1. The van der Waals surface area contributed by atoms with Crippen molar-refractivity contribution in [1.29, 1.82) is 0 Å². The van der Waals surface area contributed by atoms with E-state index in [1.807, 2.05) is 25.2 Å². The van der Waals surface area contributed by atoms with Crippen molar-refractivity contribution in [1.82, 2.24) is 24.4 Å². The highest BCUT2D eigenvalue weighted by Crippen LogP contribution is 2.15. The molecule has 0 spiro atoms. The summed E-state index contributed by atoms with van der Waals surface area (Å²) in [4.78, 5) is 14.6. The molecule has 1 aliphatic heterocycles. The second kappa shape index (κ2) is 7.76. The second-order valence-electron chi connectivity index (χ2n) is 5.80. The fraction of sp³-hybridized carbons (Fsp3) is 0.600. The van der Waals surface area contributed by atoms with E-state index in [4.69, 9.17) is 0 Å². The Balaban J connectivity index is 0.00000176. The highest BCUT2D eigenvalue weighted by molar-refractivity contribution is 5.85. The molecular formula is C15H24ClN5O. The van der Waals surface area contributed by atoms with Crippen molar-refractivity contribution in [2.45, 2.75) is 19.4 Å². The number of fused-ring (bicyclic) bond motifs is 1. The van der Waals surface area contributed by atoms with Crippen LogP contribution >= 0.6 is 12.4 Å². The summed E-state index contributed by atoms with van der Waals surface area (Å²) in [5, 5.41) is 7.64. The first-order valence-corrected chi connectivity index (χ1v) is 7.69. The van der Waals surface area contributed by atoms with E-state index in [0.29, 0.717) is 12.2 Å². The maximum Gasteiger partial charge on any atom is 0.350 e. The van der Waals surface area contributed by atoms with Gasteiger partial charge in [0.25, 0.3) is 0 Å². The Morgan fingerprint density at radius 1 is 1.36 bits per heavy atom. The van der Waals surface area contributed by atoms with Crippen molar-refractivity contribution < 1.29 is 0 Å². The topological polar surface area (TPSA) is 54.6 Å². The minimum atomic E-state index is -0.0469. The molecule has 1 fully saturated rings. The van der Waals surface area contributed by atoms with E-state index >= 15 is 0 Å². The smallest absolute Gasteiger partial charge is 0.319 e. The number of likely N-dealkylation sites (tertiary alicyclic amines) is 1. The molecule has 7 heteroatoms. The maximum absolute atomic E-state index is 12.2. The van der Waals surface area contributed by atoms with Crippen molar-refractivity contribution in [3.63, 3.8) is 0 Å². The molecule has 0 amide bonds. The Kier molecular flexibility index (Phi) is 5.99. The van der Waals surface area contributed by atoms with Crippen LogP contribution in [0.1, 0.15) is 12.8 Å². The Bertz CT molecular complexity index is 651. The van der Waals surface area contributed by atoms with Crippen molar-refractivity contribution in [2.75, 3.05) is 33.2 Å². The fourth-order valence-electron chi connectivity index (χ4n) is 3.16. The number of aromatic nitrogens is 3. The standard InChI is InChI=1S/C15H23N5O.ClH/c1-16-11-13-5-4-7-18(12-13)9-10-20-15(21)19-8-3-2-6-14(19)17-20;/h2-3,6,8,13,16H,4-5,7,9-12H2,1H3;1H. The van der Waals surface area contributed by atoms with Crippen molar-refractivity contribution in [3.05, 3.63) is 34.9 Å². The number of piperidine rings is 1. The molecule has 2 aromatic heterocycles. The third-order valence-electron chi connectivity index (χ3n) is 4.21. The molecule has 1 unspecified atom stereocenters. The molecule has 1 N–H and O–H groups in total. The molecule has 1 atom stereocenters. The lowest BCUT2D eigenvalue weighted by Crippen LogP contribution is -2.41. The van der Waals surface area contributed by atoms with Gasteiger partial charge in [-0.3, -0.25) is 4.40 Å². The largest absolute Gasteiger partial charge is 0.350 e. The van der Waals surface area contributed by atoms with E-state index in [2.05, 4.69) is 15.3 Å². The van der Waals surface area contributed by atoms with Gasteiger partial charge in [0, 0.05) is 19.3 Å². The minimum absolute atomic E-state index is 0. The quantitative estimate of drug-likeness (QED) is 0.885. The van der Waals surface area contributed by atoms with Crippen LogP contribution in [0.3, 0.4) is 0 Å². The van der Waals surface area contributed by atoms with Gasteiger partial charge in [-0.05, 0) is 51.0 Å². The molecule has 122 valence electrons. The normalized spacial score (nSPS) is 19.2. The van der Waals surface area contributed by atoms with E-state index in [-0.39, 0.29) is 18.1 Å². The SMILES string of the molecule is CNCC1CCCN(CCn2nc3ccccn3c2=O)C1.Cl. The van der Waals surface area contributed by atoms with Crippen molar-refractivity contribution in [2.24, 2.45) is 5.92 Å². The Morgan fingerprint density at radius 3 is 3.00 bits per heavy atom. The zero-order valence-corrected chi connectivity index (χ0v) is 13.8. The summed E-state index contributed by atoms with van der Waals surface area (Å²) in [6, 6.07) is 5.62. The average Bonchev–Trinajstić information content (AvgIpc) is 2.83. The van der Waals surface area contributed by atoms with E-state index in [1.165, 1.54) is 12.8 Å². The molecular weight excluding hydrogens is 302 g/mol. The fourth-order valence-corrected chi connectivity index (χ4v) is 3.16. The molecule has 0 bridgehead atoms. The van der Waals surface area contributed by atoms with Gasteiger partial charge in [0.1, 0.15) is 0 Å². The summed E-state index contributed by atoms with van der Waals surface area (Å²) in [7, 11) is 2.01. The number of halogens is 1. The van der Waals surface area contributed by atoms with Crippen LogP contribution in [0, 0.1) is 5.92 Å². The van der Waals surface area contributed by atoms with Crippen LogP contribution < -0.4 is 11.0 Å². The third-order valence-corrected chi connectivity index (χ3v) is 4.21. The van der Waals surface area contributed by atoms with E-state index in [9.17, 15) is 4.79 Å². The predicted octanol–water partition coefficient (Wildman–Crippen LogP) is 0.849. The molecule has 3 heterocycles. The van der Waals surface area contributed by atoms with Gasteiger partial charge in [0.15, 0.2) is 5.65 Å². The van der Waals surface area contributed by atoms with Crippen LogP contribution in [-0.2, 0) is 6.54 Å². The van der Waals surface area contributed by atoms with Crippen molar-refractivity contribution in [3.8, 4) is 0 Å². The first-order valence-electron chi connectivity index (χ1n) is 7.69. The van der Waals surface area contributed by atoms with Crippen LogP contribution in [0.25, 0.3) is 5.65 Å². The second-order valence-corrected chi connectivity index (χ2v) is 5.80. The van der Waals surface area contributed by atoms with Crippen LogP contribution in [0.2, 0.25) is 0 Å². The summed E-state index contributed by atoms with van der Waals surface area (Å²) >= 11 is 0. The molecule has 3 rings (SSSR count). The molecule has 1 aliphatic rings. The molecule has 22 heavy (non-hydrogen) atoms. The Hall–Kier alpha value is -1.37. The maximum atomic E-state index is 12.2. The van der Waals surface area contributed by atoms with Gasteiger partial charge in [-0.2, -0.15) is 0 Å². The molecule has 6 nitrogen and oxygen atoms in total. The lowest BCUT2D eigenvalue weighted by molar-refractivity contribution is 0.166. The predicted molar refractivity (Wildman–Crippen MR) is 89.8 cm³/mol. The summed E-state index contributed by atoms with van der Waals surface area (Å²) in [6.45, 7) is 4.87. The first-order chi connectivity index (χ1) is 10.3. The summed E-state index contributed by atoms with van der Waals surface area (Å²) in [5.41, 5.74) is 0.670. The monoisotopic (exact) mass is 325 g/mol. The Morgan fingerprint density at radius 2 is 2.23 bits per heavy atom. The Labute approximate surface area is 136 Å². The summed E-state index contributed by atoms with van der Waals surface area (Å²) in [6.07, 6.45) is 4.31. The highest BCUT2D eigenvalue weighted by atomic mass is 35.5. The van der Waals surface area contributed by atoms with E-state index in [0.717, 1.165) is 32.1 Å². The zero-order valence-electron chi connectivity index (χ0n) is 12.9. The van der Waals surface area contributed by atoms with Crippen LogP contribution in [0.15, 0.2) is 29.2 Å². The van der Waals surface area contributed by atoms with Gasteiger partial charge in [-0.25, -0.2) is 9.48 Å². The number of hydrogen-bond acceptors (Lipinski definition) is 4. The van der Waals surface area contributed by atoms with Gasteiger partial charge >= 0.3 is 5.69 Å². The van der Waals surface area contributed by atoms with Gasteiger partial charge in [-0.15, -0.1) is 17.5 Å². The molecule has 0 radical (unpaired) electrons. The zero-order chi connectivity index (χ0) is 14.7. The molecule has 0 aromatic carbocycles.